The van der Waals surface area contributed by atoms with Gasteiger partial charge in [-0.05, 0) is 32.9 Å². The summed E-state index contributed by atoms with van der Waals surface area (Å²) >= 11 is 0. The molecule has 0 aliphatic carbocycles. The molecule has 1 atom stereocenters. The van der Waals surface area contributed by atoms with Crippen molar-refractivity contribution in [3.05, 3.63) is 47.0 Å². The topological polar surface area (TPSA) is 38.0 Å². The SMILES string of the molecule is Cc1cc(C)n(-c2c(F)cccc2[C@@H](C)O)n1. The van der Waals surface area contributed by atoms with Crippen LogP contribution in [0.3, 0.4) is 0 Å². The zero-order valence-electron chi connectivity index (χ0n) is 10.1. The molecule has 1 aromatic carbocycles. The maximum Gasteiger partial charge on any atom is 0.149 e. The third-order valence-electron chi connectivity index (χ3n) is 2.69. The third kappa shape index (κ3) is 2.08. The summed E-state index contributed by atoms with van der Waals surface area (Å²) in [6.07, 6.45) is -0.732. The number of hydrogen-bond donors (Lipinski definition) is 1. The molecule has 1 N–H and O–H groups in total. The number of aliphatic hydroxyl groups excluding tert-OH is 1. The van der Waals surface area contributed by atoms with Gasteiger partial charge in [0.15, 0.2) is 0 Å². The summed E-state index contributed by atoms with van der Waals surface area (Å²) in [4.78, 5) is 0. The molecule has 17 heavy (non-hydrogen) atoms. The van der Waals surface area contributed by atoms with Gasteiger partial charge in [0.25, 0.3) is 0 Å². The first-order valence-corrected chi connectivity index (χ1v) is 5.51. The van der Waals surface area contributed by atoms with Gasteiger partial charge in [0.05, 0.1) is 11.8 Å². The lowest BCUT2D eigenvalue weighted by atomic mass is 10.1. The minimum atomic E-state index is -0.732. The minimum absolute atomic E-state index is 0.327. The van der Waals surface area contributed by atoms with Gasteiger partial charge in [-0.2, -0.15) is 5.10 Å². The van der Waals surface area contributed by atoms with Crippen molar-refractivity contribution >= 4 is 0 Å². The Bertz CT molecular complexity index is 546. The van der Waals surface area contributed by atoms with Crippen LogP contribution < -0.4 is 0 Å². The Morgan fingerprint density at radius 3 is 2.59 bits per heavy atom. The molecule has 1 heterocycles. The van der Waals surface area contributed by atoms with Crippen molar-refractivity contribution in [2.75, 3.05) is 0 Å². The lowest BCUT2D eigenvalue weighted by Crippen LogP contribution is -2.08. The highest BCUT2D eigenvalue weighted by molar-refractivity contribution is 5.44. The van der Waals surface area contributed by atoms with Gasteiger partial charge in [-0.15, -0.1) is 0 Å². The normalized spacial score (nSPS) is 12.8. The number of para-hydroxylation sites is 1. The van der Waals surface area contributed by atoms with E-state index in [1.807, 2.05) is 19.9 Å². The molecule has 0 spiro atoms. The average molecular weight is 234 g/mol. The zero-order valence-corrected chi connectivity index (χ0v) is 10.1. The number of rotatable bonds is 2. The van der Waals surface area contributed by atoms with Gasteiger partial charge in [0.2, 0.25) is 0 Å². The largest absolute Gasteiger partial charge is 0.389 e. The fourth-order valence-electron chi connectivity index (χ4n) is 1.95. The third-order valence-corrected chi connectivity index (χ3v) is 2.69. The summed E-state index contributed by atoms with van der Waals surface area (Å²) in [5.74, 6) is -0.380. The van der Waals surface area contributed by atoms with Crippen LogP contribution in [-0.4, -0.2) is 14.9 Å². The van der Waals surface area contributed by atoms with E-state index in [2.05, 4.69) is 5.10 Å². The predicted molar refractivity (Wildman–Crippen MR) is 63.6 cm³/mol. The van der Waals surface area contributed by atoms with Crippen molar-refractivity contribution in [2.45, 2.75) is 26.9 Å². The Hall–Kier alpha value is -1.68. The molecular weight excluding hydrogens is 219 g/mol. The molecule has 0 bridgehead atoms. The average Bonchev–Trinajstić information content (AvgIpc) is 2.57. The maximum absolute atomic E-state index is 13.9. The summed E-state index contributed by atoms with van der Waals surface area (Å²) < 4.78 is 15.4. The first-order valence-electron chi connectivity index (χ1n) is 5.51. The molecule has 0 radical (unpaired) electrons. The zero-order chi connectivity index (χ0) is 12.6. The highest BCUT2D eigenvalue weighted by Gasteiger charge is 2.16. The molecule has 1 aromatic heterocycles. The Morgan fingerprint density at radius 2 is 2.06 bits per heavy atom. The molecule has 2 aromatic rings. The fourth-order valence-corrected chi connectivity index (χ4v) is 1.95. The second-order valence-electron chi connectivity index (χ2n) is 4.19. The van der Waals surface area contributed by atoms with Crippen LogP contribution in [0.5, 0.6) is 0 Å². The van der Waals surface area contributed by atoms with Crippen LogP contribution in [0.4, 0.5) is 4.39 Å². The highest BCUT2D eigenvalue weighted by atomic mass is 19.1. The Balaban J connectivity index is 2.69. The van der Waals surface area contributed by atoms with Crippen LogP contribution >= 0.6 is 0 Å². The molecule has 0 unspecified atom stereocenters. The van der Waals surface area contributed by atoms with E-state index in [-0.39, 0.29) is 5.82 Å². The molecule has 4 heteroatoms. The van der Waals surface area contributed by atoms with E-state index in [9.17, 15) is 9.50 Å². The number of nitrogens with zero attached hydrogens (tertiary/aromatic N) is 2. The standard InChI is InChI=1S/C13H15FN2O/c1-8-7-9(2)16(15-8)13-11(10(3)17)5-4-6-12(13)14/h4-7,10,17H,1-3H3/t10-/m1/s1. The van der Waals surface area contributed by atoms with E-state index in [1.54, 1.807) is 19.1 Å². The van der Waals surface area contributed by atoms with Crippen molar-refractivity contribution in [1.29, 1.82) is 0 Å². The van der Waals surface area contributed by atoms with Crippen molar-refractivity contribution in [1.82, 2.24) is 9.78 Å². The molecule has 2 rings (SSSR count). The molecule has 90 valence electrons. The maximum atomic E-state index is 13.9. The molecular formula is C13H15FN2O. The number of benzene rings is 1. The molecule has 0 fully saturated rings. The Morgan fingerprint density at radius 1 is 1.35 bits per heavy atom. The first kappa shape index (κ1) is 11.8. The summed E-state index contributed by atoms with van der Waals surface area (Å²) in [5, 5.41) is 13.9. The fraction of sp³-hybridized carbons (Fsp3) is 0.308. The minimum Gasteiger partial charge on any atom is -0.389 e. The molecule has 0 saturated carbocycles. The van der Waals surface area contributed by atoms with Crippen LogP contribution in [0.25, 0.3) is 5.69 Å². The summed E-state index contributed by atoms with van der Waals surface area (Å²) in [6.45, 7) is 5.33. The van der Waals surface area contributed by atoms with Crippen LogP contribution in [0.2, 0.25) is 0 Å². The number of halogens is 1. The van der Waals surface area contributed by atoms with Gasteiger partial charge in [0, 0.05) is 11.3 Å². The van der Waals surface area contributed by atoms with Gasteiger partial charge in [0.1, 0.15) is 11.5 Å². The van der Waals surface area contributed by atoms with Crippen molar-refractivity contribution in [3.8, 4) is 5.69 Å². The number of aryl methyl sites for hydroxylation is 2. The monoisotopic (exact) mass is 234 g/mol. The van der Waals surface area contributed by atoms with E-state index in [4.69, 9.17) is 0 Å². The summed E-state index contributed by atoms with van der Waals surface area (Å²) in [7, 11) is 0. The van der Waals surface area contributed by atoms with Crippen LogP contribution in [0.15, 0.2) is 24.3 Å². The summed E-state index contributed by atoms with van der Waals surface area (Å²) in [6, 6.07) is 6.54. The first-order chi connectivity index (χ1) is 8.00. The smallest absolute Gasteiger partial charge is 0.149 e. The van der Waals surface area contributed by atoms with E-state index in [0.29, 0.717) is 11.3 Å². The number of aliphatic hydroxyl groups is 1. The van der Waals surface area contributed by atoms with E-state index in [0.717, 1.165) is 11.4 Å². The Kier molecular flexibility index (Phi) is 2.98. The van der Waals surface area contributed by atoms with Crippen molar-refractivity contribution < 1.29 is 9.50 Å². The lowest BCUT2D eigenvalue weighted by molar-refractivity contribution is 0.198. The Labute approximate surface area is 99.5 Å². The van der Waals surface area contributed by atoms with Gasteiger partial charge < -0.3 is 5.11 Å². The van der Waals surface area contributed by atoms with Crippen LogP contribution in [-0.2, 0) is 0 Å². The van der Waals surface area contributed by atoms with Gasteiger partial charge in [-0.25, -0.2) is 9.07 Å². The number of aromatic nitrogens is 2. The molecule has 3 nitrogen and oxygen atoms in total. The predicted octanol–water partition coefficient (Wildman–Crippen LogP) is 2.68. The van der Waals surface area contributed by atoms with Crippen LogP contribution in [0, 0.1) is 19.7 Å². The lowest BCUT2D eigenvalue weighted by Gasteiger charge is -2.14. The molecule has 0 saturated heterocycles. The molecule has 0 aliphatic heterocycles. The van der Waals surface area contributed by atoms with E-state index < -0.39 is 6.10 Å². The van der Waals surface area contributed by atoms with Gasteiger partial charge in [-0.3, -0.25) is 0 Å². The number of hydrogen-bond acceptors (Lipinski definition) is 2. The highest BCUT2D eigenvalue weighted by Crippen LogP contribution is 2.25. The van der Waals surface area contributed by atoms with E-state index in [1.165, 1.54) is 10.7 Å². The summed E-state index contributed by atoms with van der Waals surface area (Å²) in [5.41, 5.74) is 2.53. The van der Waals surface area contributed by atoms with Gasteiger partial charge in [-0.1, -0.05) is 12.1 Å². The second kappa shape index (κ2) is 4.30. The molecule has 0 amide bonds. The second-order valence-corrected chi connectivity index (χ2v) is 4.19. The van der Waals surface area contributed by atoms with E-state index >= 15 is 0 Å². The quantitative estimate of drug-likeness (QED) is 0.867. The van der Waals surface area contributed by atoms with Crippen LogP contribution in [0.1, 0.15) is 30.0 Å². The van der Waals surface area contributed by atoms with Crippen molar-refractivity contribution in [3.63, 3.8) is 0 Å². The van der Waals surface area contributed by atoms with Gasteiger partial charge >= 0.3 is 0 Å². The van der Waals surface area contributed by atoms with Crippen molar-refractivity contribution in [2.24, 2.45) is 0 Å². The molecule has 0 aliphatic rings.